The predicted molar refractivity (Wildman–Crippen MR) is 78.1 cm³/mol. The maximum absolute atomic E-state index is 11.9. The fourth-order valence-electron chi connectivity index (χ4n) is 1.64. The van der Waals surface area contributed by atoms with Crippen molar-refractivity contribution in [2.24, 2.45) is 5.10 Å². The molecule has 2 aromatic rings. The van der Waals surface area contributed by atoms with E-state index >= 15 is 0 Å². The molecule has 0 saturated carbocycles. The summed E-state index contributed by atoms with van der Waals surface area (Å²) in [6.07, 6.45) is 0. The topological polar surface area (TPSA) is 141 Å². The fourth-order valence-corrected chi connectivity index (χ4v) is 1.64. The number of benzene rings is 1. The molecule has 23 heavy (non-hydrogen) atoms. The van der Waals surface area contributed by atoms with Crippen LogP contribution >= 0.6 is 0 Å². The highest BCUT2D eigenvalue weighted by molar-refractivity contribution is 5.99. The van der Waals surface area contributed by atoms with Gasteiger partial charge in [-0.2, -0.15) is 5.10 Å². The van der Waals surface area contributed by atoms with Gasteiger partial charge in [0.1, 0.15) is 10.6 Å². The number of furan rings is 1. The Morgan fingerprint density at radius 3 is 2.52 bits per heavy atom. The molecule has 0 bridgehead atoms. The molecular formula is C13H10N4O6. The number of nitrogens with zero attached hydrogens (tertiary/aromatic N) is 3. The molecule has 0 unspecified atom stereocenters. The molecule has 118 valence electrons. The molecule has 0 spiro atoms. The first kappa shape index (κ1) is 15.8. The summed E-state index contributed by atoms with van der Waals surface area (Å²) in [5.41, 5.74) is 2.24. The van der Waals surface area contributed by atoms with Crippen LogP contribution in [-0.4, -0.2) is 21.5 Å². The Kier molecular flexibility index (Phi) is 4.45. The van der Waals surface area contributed by atoms with Crippen LogP contribution in [0.1, 0.15) is 23.0 Å². The molecule has 1 aromatic carbocycles. The van der Waals surface area contributed by atoms with Gasteiger partial charge in [0, 0.05) is 17.7 Å². The Bertz CT molecular complexity index is 810. The molecule has 0 aliphatic carbocycles. The summed E-state index contributed by atoms with van der Waals surface area (Å²) in [7, 11) is 0. The monoisotopic (exact) mass is 318 g/mol. The van der Waals surface area contributed by atoms with Gasteiger partial charge in [-0.3, -0.25) is 25.0 Å². The zero-order chi connectivity index (χ0) is 17.0. The van der Waals surface area contributed by atoms with Crippen molar-refractivity contribution >= 4 is 23.2 Å². The quantitative estimate of drug-likeness (QED) is 0.509. The highest BCUT2D eigenvalue weighted by Crippen LogP contribution is 2.16. The minimum absolute atomic E-state index is 0.0566. The third-order valence-corrected chi connectivity index (χ3v) is 2.77. The second-order valence-electron chi connectivity index (χ2n) is 4.34. The largest absolute Gasteiger partial charge is 0.433 e. The van der Waals surface area contributed by atoms with Crippen LogP contribution in [0.4, 0.5) is 11.6 Å². The summed E-state index contributed by atoms with van der Waals surface area (Å²) >= 11 is 0. The normalized spacial score (nSPS) is 11.1. The Morgan fingerprint density at radius 2 is 1.91 bits per heavy atom. The highest BCUT2D eigenvalue weighted by atomic mass is 16.6. The van der Waals surface area contributed by atoms with Gasteiger partial charge in [0.2, 0.25) is 0 Å². The van der Waals surface area contributed by atoms with E-state index < -0.39 is 21.6 Å². The number of amides is 1. The number of hydrazone groups is 1. The minimum Gasteiger partial charge on any atom is -0.399 e. The molecule has 0 fully saturated rings. The van der Waals surface area contributed by atoms with Gasteiger partial charge in [0.25, 0.3) is 11.6 Å². The molecule has 0 atom stereocenters. The summed E-state index contributed by atoms with van der Waals surface area (Å²) in [4.78, 5) is 31.8. The maximum atomic E-state index is 11.9. The molecule has 1 amide bonds. The standard InChI is InChI=1S/C13H10N4O6/c1-8(11-5-6-12(23-11)17(21)22)14-15-13(18)9-3-2-4-10(7-9)16(19)20/h2-7H,1H3,(H,15,18)/b14-8-. The smallest absolute Gasteiger partial charge is 0.399 e. The molecule has 10 heteroatoms. The van der Waals surface area contributed by atoms with Crippen molar-refractivity contribution in [2.75, 3.05) is 0 Å². The van der Waals surface area contributed by atoms with Gasteiger partial charge in [-0.05, 0) is 19.1 Å². The van der Waals surface area contributed by atoms with Gasteiger partial charge >= 0.3 is 5.88 Å². The Balaban J connectivity index is 2.11. The summed E-state index contributed by atoms with van der Waals surface area (Å²) in [6, 6.07) is 7.64. The first-order valence-electron chi connectivity index (χ1n) is 6.22. The molecule has 0 radical (unpaired) electrons. The van der Waals surface area contributed by atoms with Gasteiger partial charge < -0.3 is 4.42 Å². The fraction of sp³-hybridized carbons (Fsp3) is 0.0769. The number of carbonyl (C=O) groups is 1. The second-order valence-corrected chi connectivity index (χ2v) is 4.34. The van der Waals surface area contributed by atoms with Gasteiger partial charge in [-0.15, -0.1) is 0 Å². The Hall–Kier alpha value is -3.56. The Labute approximate surface area is 128 Å². The van der Waals surface area contributed by atoms with E-state index in [-0.39, 0.29) is 22.7 Å². The second kappa shape index (κ2) is 6.47. The molecule has 10 nitrogen and oxygen atoms in total. The third kappa shape index (κ3) is 3.75. The van der Waals surface area contributed by atoms with Crippen molar-refractivity contribution in [1.82, 2.24) is 5.43 Å². The van der Waals surface area contributed by atoms with Crippen LogP contribution in [0.5, 0.6) is 0 Å². The minimum atomic E-state index is -0.696. The SMILES string of the molecule is C/C(=N/NC(=O)c1cccc([N+](=O)[O-])c1)c1ccc([N+](=O)[O-])o1. The lowest BCUT2D eigenvalue weighted by Crippen LogP contribution is -2.19. The molecule has 0 aliphatic rings. The van der Waals surface area contributed by atoms with Crippen molar-refractivity contribution < 1.29 is 19.1 Å². The number of non-ortho nitro benzene ring substituents is 1. The molecule has 2 rings (SSSR count). The van der Waals surface area contributed by atoms with Gasteiger partial charge in [0.05, 0.1) is 11.0 Å². The van der Waals surface area contributed by atoms with E-state index in [2.05, 4.69) is 10.5 Å². The first-order chi connectivity index (χ1) is 10.9. The highest BCUT2D eigenvalue weighted by Gasteiger charge is 2.14. The number of hydrogen-bond acceptors (Lipinski definition) is 7. The number of rotatable bonds is 5. The molecule has 0 aliphatic heterocycles. The van der Waals surface area contributed by atoms with Crippen molar-refractivity contribution in [1.29, 1.82) is 0 Å². The molecule has 0 saturated heterocycles. The van der Waals surface area contributed by atoms with Crippen LogP contribution in [0.3, 0.4) is 0 Å². The van der Waals surface area contributed by atoms with E-state index in [1.165, 1.54) is 31.2 Å². The summed E-state index contributed by atoms with van der Waals surface area (Å²) in [5, 5.41) is 24.9. The zero-order valence-corrected chi connectivity index (χ0v) is 11.8. The van der Waals surface area contributed by atoms with E-state index in [1.807, 2.05) is 0 Å². The number of nitrogens with one attached hydrogen (secondary N) is 1. The van der Waals surface area contributed by atoms with Crippen LogP contribution in [0, 0.1) is 20.2 Å². The van der Waals surface area contributed by atoms with E-state index in [0.717, 1.165) is 12.1 Å². The maximum Gasteiger partial charge on any atom is 0.433 e. The zero-order valence-electron chi connectivity index (χ0n) is 11.8. The lowest BCUT2D eigenvalue weighted by atomic mass is 10.2. The van der Waals surface area contributed by atoms with Crippen molar-refractivity contribution in [3.63, 3.8) is 0 Å². The van der Waals surface area contributed by atoms with E-state index in [0.29, 0.717) is 0 Å². The van der Waals surface area contributed by atoms with Gasteiger partial charge in [0.15, 0.2) is 5.76 Å². The number of nitro benzene ring substituents is 1. The predicted octanol–water partition coefficient (Wildman–Crippen LogP) is 2.25. The molecular weight excluding hydrogens is 308 g/mol. The van der Waals surface area contributed by atoms with Crippen molar-refractivity contribution in [3.8, 4) is 0 Å². The molecule has 1 heterocycles. The lowest BCUT2D eigenvalue weighted by Gasteiger charge is -2.01. The first-order valence-corrected chi connectivity index (χ1v) is 6.22. The number of carbonyl (C=O) groups excluding carboxylic acids is 1. The average molecular weight is 318 g/mol. The third-order valence-electron chi connectivity index (χ3n) is 2.77. The van der Waals surface area contributed by atoms with Crippen LogP contribution in [0.25, 0.3) is 0 Å². The summed E-state index contributed by atoms with van der Waals surface area (Å²) in [5.74, 6) is -0.982. The summed E-state index contributed by atoms with van der Waals surface area (Å²) < 4.78 is 4.92. The molecule has 1 aromatic heterocycles. The van der Waals surface area contributed by atoms with E-state index in [1.54, 1.807) is 0 Å². The van der Waals surface area contributed by atoms with Crippen LogP contribution < -0.4 is 5.43 Å². The van der Waals surface area contributed by atoms with E-state index in [9.17, 15) is 25.0 Å². The van der Waals surface area contributed by atoms with Gasteiger partial charge in [-0.1, -0.05) is 6.07 Å². The summed E-state index contributed by atoms with van der Waals surface area (Å²) in [6.45, 7) is 1.48. The lowest BCUT2D eigenvalue weighted by molar-refractivity contribution is -0.402. The molecule has 1 N–H and O–H groups in total. The average Bonchev–Trinajstić information content (AvgIpc) is 3.02. The van der Waals surface area contributed by atoms with Crippen LogP contribution in [0.2, 0.25) is 0 Å². The van der Waals surface area contributed by atoms with Crippen LogP contribution in [0.15, 0.2) is 45.9 Å². The van der Waals surface area contributed by atoms with E-state index in [4.69, 9.17) is 4.42 Å². The number of nitro groups is 2. The number of hydrogen-bond donors (Lipinski definition) is 1. The van der Waals surface area contributed by atoms with Crippen molar-refractivity contribution in [3.05, 3.63) is 68.0 Å². The van der Waals surface area contributed by atoms with Crippen LogP contribution in [-0.2, 0) is 0 Å². The van der Waals surface area contributed by atoms with Gasteiger partial charge in [-0.25, -0.2) is 5.43 Å². The van der Waals surface area contributed by atoms with Crippen molar-refractivity contribution in [2.45, 2.75) is 6.92 Å². The Morgan fingerprint density at radius 1 is 1.17 bits per heavy atom.